The minimum absolute atomic E-state index is 0.102. The summed E-state index contributed by atoms with van der Waals surface area (Å²) in [6, 6.07) is 8.97. The molecule has 5 rings (SSSR count). The number of rotatable bonds is 2. The van der Waals surface area contributed by atoms with Crippen LogP contribution in [0.5, 0.6) is 5.75 Å². The number of aliphatic hydroxyl groups is 2. The van der Waals surface area contributed by atoms with Crippen molar-refractivity contribution >= 4 is 11.5 Å². The molecule has 4 atom stereocenters. The Balaban J connectivity index is 1.73. The highest BCUT2D eigenvalue weighted by atomic mass is 16.7. The molecule has 1 aliphatic heterocycles. The van der Waals surface area contributed by atoms with Crippen LogP contribution >= 0.6 is 0 Å². The first kappa shape index (κ1) is 15.5. The van der Waals surface area contributed by atoms with Gasteiger partial charge in [-0.15, -0.1) is 0 Å². The molecule has 2 aliphatic carbocycles. The van der Waals surface area contributed by atoms with Crippen molar-refractivity contribution in [1.82, 2.24) is 0 Å². The molecule has 26 heavy (non-hydrogen) atoms. The zero-order valence-corrected chi connectivity index (χ0v) is 13.8. The van der Waals surface area contributed by atoms with Crippen molar-refractivity contribution in [3.63, 3.8) is 0 Å². The fraction of sp³-hybridized carbons (Fsp3) is 0.316. The number of hydrogen-bond donors (Lipinski definition) is 2. The molecular formula is C19H15NO6. The average Bonchev–Trinajstić information content (AvgIpc) is 3.26. The summed E-state index contributed by atoms with van der Waals surface area (Å²) in [6.07, 6.45) is 1.04. The van der Waals surface area contributed by atoms with Gasteiger partial charge in [0.15, 0.2) is 0 Å². The van der Waals surface area contributed by atoms with Crippen LogP contribution in [0.15, 0.2) is 36.4 Å². The summed E-state index contributed by atoms with van der Waals surface area (Å²) >= 11 is 0. The normalized spacial score (nSPS) is 33.3. The van der Waals surface area contributed by atoms with E-state index >= 15 is 0 Å². The second kappa shape index (κ2) is 4.49. The Morgan fingerprint density at radius 3 is 2.65 bits per heavy atom. The van der Waals surface area contributed by atoms with Crippen LogP contribution in [0.2, 0.25) is 0 Å². The van der Waals surface area contributed by atoms with E-state index in [1.165, 1.54) is 18.2 Å². The van der Waals surface area contributed by atoms with Crippen LogP contribution in [0.1, 0.15) is 46.3 Å². The van der Waals surface area contributed by atoms with Crippen molar-refractivity contribution in [2.75, 3.05) is 0 Å². The minimum Gasteiger partial charge on any atom is -0.453 e. The van der Waals surface area contributed by atoms with Crippen LogP contribution in [0.3, 0.4) is 0 Å². The number of ether oxygens (including phenoxy) is 1. The lowest BCUT2D eigenvalue weighted by Gasteiger charge is -2.28. The molecule has 1 heterocycles. The predicted octanol–water partition coefficient (Wildman–Crippen LogP) is 2.34. The highest BCUT2D eigenvalue weighted by molar-refractivity contribution is 6.10. The highest BCUT2D eigenvalue weighted by Gasteiger charge is 2.72. The summed E-state index contributed by atoms with van der Waals surface area (Å²) in [7, 11) is 0. The number of ketones is 1. The zero-order chi connectivity index (χ0) is 18.4. The Morgan fingerprint density at radius 2 is 2.00 bits per heavy atom. The molecule has 1 saturated carbocycles. The monoisotopic (exact) mass is 353 g/mol. The number of nitrogens with zero attached hydrogens (tertiary/aromatic N) is 1. The summed E-state index contributed by atoms with van der Waals surface area (Å²) in [5, 5.41) is 33.8. The molecule has 4 unspecified atom stereocenters. The Hall–Kier alpha value is -2.77. The van der Waals surface area contributed by atoms with Crippen molar-refractivity contribution in [2.24, 2.45) is 5.92 Å². The fourth-order valence-electron chi connectivity index (χ4n) is 4.30. The van der Waals surface area contributed by atoms with E-state index in [4.69, 9.17) is 4.74 Å². The molecule has 132 valence electrons. The molecule has 3 aliphatic rings. The van der Waals surface area contributed by atoms with Crippen LogP contribution < -0.4 is 4.74 Å². The Labute approximate surface area is 148 Å². The predicted molar refractivity (Wildman–Crippen MR) is 88.8 cm³/mol. The minimum atomic E-state index is -2.51. The van der Waals surface area contributed by atoms with Crippen molar-refractivity contribution in [3.8, 4) is 5.75 Å². The van der Waals surface area contributed by atoms with Gasteiger partial charge in [-0.05, 0) is 29.9 Å². The maximum absolute atomic E-state index is 12.9. The molecule has 0 spiro atoms. The van der Waals surface area contributed by atoms with Gasteiger partial charge in [0.05, 0.1) is 4.92 Å². The van der Waals surface area contributed by atoms with Gasteiger partial charge in [0.1, 0.15) is 11.3 Å². The van der Waals surface area contributed by atoms with E-state index in [1.807, 2.05) is 6.07 Å². The lowest BCUT2D eigenvalue weighted by Crippen LogP contribution is -2.48. The van der Waals surface area contributed by atoms with Gasteiger partial charge in [0.25, 0.3) is 11.5 Å². The van der Waals surface area contributed by atoms with E-state index in [9.17, 15) is 25.1 Å². The maximum atomic E-state index is 12.9. The summed E-state index contributed by atoms with van der Waals surface area (Å²) in [4.78, 5) is 23.6. The molecule has 0 saturated heterocycles. The van der Waals surface area contributed by atoms with E-state index in [2.05, 4.69) is 6.92 Å². The first-order chi connectivity index (χ1) is 12.3. The summed E-state index contributed by atoms with van der Waals surface area (Å²) in [6.45, 7) is 2.12. The van der Waals surface area contributed by atoms with Gasteiger partial charge in [-0.25, -0.2) is 0 Å². The first-order valence-corrected chi connectivity index (χ1v) is 8.40. The molecule has 0 amide bonds. The molecule has 1 fully saturated rings. The lowest BCUT2D eigenvalue weighted by molar-refractivity contribution is -0.388. The molecule has 0 radical (unpaired) electrons. The highest BCUT2D eigenvalue weighted by Crippen LogP contribution is 2.60. The molecule has 2 N–H and O–H groups in total. The topological polar surface area (TPSA) is 110 Å². The quantitative estimate of drug-likeness (QED) is 0.633. The van der Waals surface area contributed by atoms with Gasteiger partial charge in [-0.2, -0.15) is 0 Å². The van der Waals surface area contributed by atoms with E-state index in [0.717, 1.165) is 12.0 Å². The van der Waals surface area contributed by atoms with Crippen molar-refractivity contribution in [3.05, 3.63) is 68.8 Å². The van der Waals surface area contributed by atoms with Crippen molar-refractivity contribution in [2.45, 2.75) is 30.7 Å². The second-order valence-electron chi connectivity index (χ2n) is 7.32. The van der Waals surface area contributed by atoms with E-state index < -0.39 is 27.8 Å². The van der Waals surface area contributed by atoms with Gasteiger partial charge in [0.2, 0.25) is 11.4 Å². The first-order valence-electron chi connectivity index (χ1n) is 8.40. The van der Waals surface area contributed by atoms with Gasteiger partial charge >= 0.3 is 0 Å². The smallest absolute Gasteiger partial charge is 0.283 e. The Bertz CT molecular complexity index is 1020. The summed E-state index contributed by atoms with van der Waals surface area (Å²) in [5.74, 6) is -2.21. The molecule has 2 aromatic carbocycles. The summed E-state index contributed by atoms with van der Waals surface area (Å²) < 4.78 is 5.64. The third kappa shape index (κ3) is 1.58. The Kier molecular flexibility index (Phi) is 2.67. The average molecular weight is 353 g/mol. The maximum Gasteiger partial charge on any atom is 0.283 e. The van der Waals surface area contributed by atoms with Gasteiger partial charge in [-0.3, -0.25) is 14.9 Å². The Morgan fingerprint density at radius 1 is 1.27 bits per heavy atom. The second-order valence-corrected chi connectivity index (χ2v) is 7.32. The SMILES string of the molecule is CC1CC1c1ccc2c(c1)OC1(O)c3c(cccc3[N+](=O)[O-])C(=O)C21O. The number of benzene rings is 2. The van der Waals surface area contributed by atoms with Crippen LogP contribution in [-0.2, 0) is 11.4 Å². The molecular weight excluding hydrogens is 338 g/mol. The lowest BCUT2D eigenvalue weighted by atomic mass is 9.86. The molecule has 2 aromatic rings. The zero-order valence-electron chi connectivity index (χ0n) is 13.8. The van der Waals surface area contributed by atoms with E-state index in [0.29, 0.717) is 11.8 Å². The van der Waals surface area contributed by atoms with E-state index in [1.54, 1.807) is 12.1 Å². The molecule has 0 bridgehead atoms. The van der Waals surface area contributed by atoms with Crippen molar-refractivity contribution in [1.29, 1.82) is 0 Å². The summed E-state index contributed by atoms with van der Waals surface area (Å²) in [5.41, 5.74) is -2.13. The standard InChI is InChI=1S/C19H15NO6/c1-9-7-12(9)10-5-6-13-15(8-10)26-19(23)16-11(17(21)18(13,19)22)3-2-4-14(16)20(24)25/h2-6,8-9,12,22-23H,7H2,1H3. The van der Waals surface area contributed by atoms with Crippen LogP contribution in [-0.4, -0.2) is 20.9 Å². The van der Waals surface area contributed by atoms with Crippen LogP contribution in [0.25, 0.3) is 0 Å². The van der Waals surface area contributed by atoms with Gasteiger partial charge in [-0.1, -0.05) is 31.2 Å². The fourth-order valence-corrected chi connectivity index (χ4v) is 4.30. The largest absolute Gasteiger partial charge is 0.453 e. The third-order valence-corrected chi connectivity index (χ3v) is 5.83. The van der Waals surface area contributed by atoms with Crippen LogP contribution in [0, 0.1) is 16.0 Å². The number of nitro benzene ring substituents is 1. The molecule has 7 heteroatoms. The number of carbonyl (C=O) groups excluding carboxylic acids is 1. The number of carbonyl (C=O) groups is 1. The van der Waals surface area contributed by atoms with Gasteiger partial charge in [0, 0.05) is 17.2 Å². The third-order valence-electron chi connectivity index (χ3n) is 5.83. The van der Waals surface area contributed by atoms with E-state index in [-0.39, 0.29) is 22.4 Å². The van der Waals surface area contributed by atoms with Gasteiger partial charge < -0.3 is 14.9 Å². The number of Topliss-reactive ketones (excluding diaryl/α,β-unsaturated/α-hetero) is 1. The molecule has 7 nitrogen and oxygen atoms in total. The number of fused-ring (bicyclic) bond motifs is 5. The van der Waals surface area contributed by atoms with Crippen LogP contribution in [0.4, 0.5) is 5.69 Å². The number of hydrogen-bond acceptors (Lipinski definition) is 6. The molecule has 0 aromatic heterocycles. The number of nitro groups is 1. The van der Waals surface area contributed by atoms with Crippen molar-refractivity contribution < 1.29 is 24.7 Å².